The molecular weight excluding hydrogens is 383 g/mol. The summed E-state index contributed by atoms with van der Waals surface area (Å²) in [5.74, 6) is 0.813. The molecule has 0 aliphatic heterocycles. The summed E-state index contributed by atoms with van der Waals surface area (Å²) in [7, 11) is -3.37. The second kappa shape index (κ2) is 16.5. The van der Waals surface area contributed by atoms with Crippen LogP contribution in [0.3, 0.4) is 0 Å². The molecule has 0 saturated carbocycles. The van der Waals surface area contributed by atoms with Crippen molar-refractivity contribution in [1.82, 2.24) is 19.9 Å². The molecule has 0 amide bonds. The van der Waals surface area contributed by atoms with E-state index in [1.165, 1.54) is 0 Å². The number of aromatic amines is 2. The molecule has 0 bridgehead atoms. The van der Waals surface area contributed by atoms with Crippen LogP contribution in [0.25, 0.3) is 0 Å². The largest absolute Gasteiger partial charge is 0.598 e. The van der Waals surface area contributed by atoms with Crippen LogP contribution in [-0.4, -0.2) is 41.8 Å². The van der Waals surface area contributed by atoms with Crippen molar-refractivity contribution in [1.29, 1.82) is 0 Å². The van der Waals surface area contributed by atoms with Crippen molar-refractivity contribution in [2.75, 3.05) is 34.4 Å². The van der Waals surface area contributed by atoms with Gasteiger partial charge in [-0.1, -0.05) is 24.5 Å². The maximum absolute atomic E-state index is 8.48. The number of rotatable bonds is 0. The Balaban J connectivity index is -0.0000000837. The van der Waals surface area contributed by atoms with Crippen LogP contribution in [-0.2, 0) is 4.57 Å². The quantitative estimate of drug-likeness (QED) is 0.222. The van der Waals surface area contributed by atoms with Gasteiger partial charge in [-0.15, -0.1) is 0 Å². The maximum atomic E-state index is 8.48. The van der Waals surface area contributed by atoms with Gasteiger partial charge in [0.05, 0.1) is 0 Å². The molecule has 2 heterocycles. The van der Waals surface area contributed by atoms with Gasteiger partial charge in [0.25, 0.3) is 8.25 Å². The average Bonchev–Trinajstić information content (AvgIpc) is 2.23. The van der Waals surface area contributed by atoms with Gasteiger partial charge < -0.3 is 66.1 Å². The molecule has 20 heteroatoms. The van der Waals surface area contributed by atoms with E-state index in [1.807, 2.05) is 0 Å². The van der Waals surface area contributed by atoms with Gasteiger partial charge in [-0.25, -0.2) is 9.97 Å². The van der Waals surface area contributed by atoms with Crippen molar-refractivity contribution in [3.63, 3.8) is 0 Å². The number of anilines is 6. The molecule has 0 unspecified atom stereocenters. The Morgan fingerprint density at radius 2 is 0.769 bits per heavy atom. The lowest BCUT2D eigenvalue weighted by Gasteiger charge is -1.87. The van der Waals surface area contributed by atoms with E-state index in [1.54, 1.807) is 0 Å². The second-order valence-corrected chi connectivity index (χ2v) is 3.63. The molecule has 26 heavy (non-hydrogen) atoms. The third kappa shape index (κ3) is 18.7. The highest BCUT2D eigenvalue weighted by Gasteiger charge is 2.01. The van der Waals surface area contributed by atoms with Crippen molar-refractivity contribution < 1.29 is 46.2 Å². The van der Waals surface area contributed by atoms with E-state index >= 15 is 0 Å². The molecule has 2 aromatic heterocycles. The minimum absolute atomic E-state index is 0. The number of aromatic nitrogens is 6. The molecule has 0 saturated heterocycles. The van der Waals surface area contributed by atoms with Gasteiger partial charge in [0.15, 0.2) is 0 Å². The Labute approximate surface area is 145 Å². The number of hydrogen-bond acceptors (Lipinski definition) is 13. The maximum Gasteiger partial charge on any atom is 0.320 e. The highest BCUT2D eigenvalue weighted by molar-refractivity contribution is 7.27. The summed E-state index contributed by atoms with van der Waals surface area (Å²) >= 11 is 0. The highest BCUT2D eigenvalue weighted by atomic mass is 31.1. The van der Waals surface area contributed by atoms with Crippen molar-refractivity contribution in [3.05, 3.63) is 0 Å². The van der Waals surface area contributed by atoms with E-state index < -0.39 is 8.25 Å². The summed E-state index contributed by atoms with van der Waals surface area (Å²) in [4.78, 5) is 36.1. The monoisotopic (exact) mass is 405 g/mol. The fraction of sp³-hybridized carbons (Fsp3) is 0. The molecule has 0 aliphatic rings. The van der Waals surface area contributed by atoms with Crippen molar-refractivity contribution in [2.24, 2.45) is 0 Å². The van der Waals surface area contributed by atoms with E-state index in [9.17, 15) is 0 Å². The number of nitrogen functional groups attached to an aromatic ring is 6. The predicted octanol–water partition coefficient (Wildman–Crippen LogP) is -8.86. The predicted molar refractivity (Wildman–Crippen MR) is 85.7 cm³/mol. The van der Waals surface area contributed by atoms with E-state index in [2.05, 4.69) is 29.9 Å². The first-order valence-electron chi connectivity index (χ1n) is 5.07. The molecule has 19 nitrogen and oxygen atoms in total. The standard InChI is InChI=1S/2C3H6N6.HO3P.4H2O/c2*4-1-7-2(5)9-3(6)8-1;1-4(2)3;;;;/h2*(H6,4,5,6,7,8,9);(H,1,2,3);4*1H2/p+1. The zero-order valence-electron chi connectivity index (χ0n) is 12.9. The van der Waals surface area contributed by atoms with Crippen LogP contribution in [0.5, 0.6) is 0 Å². The molecule has 0 fully saturated rings. The fourth-order valence-electron chi connectivity index (χ4n) is 0.918. The summed E-state index contributed by atoms with van der Waals surface area (Å²) in [5, 5.41) is 0. The van der Waals surface area contributed by atoms with E-state index in [0.29, 0.717) is 0 Å². The van der Waals surface area contributed by atoms with Crippen LogP contribution in [0.4, 0.5) is 35.7 Å². The van der Waals surface area contributed by atoms with Gasteiger partial charge in [-0.05, 0) is 0 Å². The number of H-pyrrole nitrogens is 2. The van der Waals surface area contributed by atoms with Crippen molar-refractivity contribution in [2.45, 2.75) is 0 Å². The molecule has 2 rings (SSSR count). The first-order chi connectivity index (χ1) is 10.1. The smallest absolute Gasteiger partial charge is 0.320 e. The van der Waals surface area contributed by atoms with Crippen LogP contribution in [0.1, 0.15) is 0 Å². The van der Waals surface area contributed by atoms with Gasteiger partial charge in [0.2, 0.25) is 0 Å². The van der Waals surface area contributed by atoms with Crippen LogP contribution < -0.4 is 54.2 Å². The van der Waals surface area contributed by atoms with Crippen molar-refractivity contribution >= 4 is 43.9 Å². The molecule has 0 atom stereocenters. The Bertz CT molecular complexity index is 493. The summed E-state index contributed by atoms with van der Waals surface area (Å²) in [6, 6.07) is 0. The molecule has 0 aromatic carbocycles. The Morgan fingerprint density at radius 1 is 0.615 bits per heavy atom. The second-order valence-electron chi connectivity index (χ2n) is 3.18. The SMILES string of the molecule is Nc1nc(N)[nH+]c(N)n1.Nc1nc(N)[nH+]c(N)n1.O.O.O.O.O=[P+]([O-])[O-]. The van der Waals surface area contributed by atoms with Crippen molar-refractivity contribution in [3.8, 4) is 0 Å². The minimum atomic E-state index is -3.37. The number of hydrogen-bond donors (Lipinski definition) is 6. The number of nitrogens with two attached hydrogens (primary N) is 6. The molecule has 0 spiro atoms. The topological polar surface area (TPSA) is 425 Å². The van der Waals surface area contributed by atoms with E-state index in [0.717, 1.165) is 0 Å². The zero-order chi connectivity index (χ0) is 17.3. The Kier molecular flexibility index (Phi) is 21.7. The normalized spacial score (nSPS) is 7.46. The number of nitrogens with one attached hydrogen (secondary N) is 2. The molecular formula is C6H22N12O7P+. The molecule has 0 radical (unpaired) electrons. The van der Waals surface area contributed by atoms with Gasteiger partial charge in [-0.2, -0.15) is 0 Å². The highest BCUT2D eigenvalue weighted by Crippen LogP contribution is 1.92. The fourth-order valence-corrected chi connectivity index (χ4v) is 0.918. The van der Waals surface area contributed by atoms with Gasteiger partial charge >= 0.3 is 35.7 Å². The van der Waals surface area contributed by atoms with E-state index in [-0.39, 0.29) is 57.6 Å². The van der Waals surface area contributed by atoms with E-state index in [4.69, 9.17) is 48.8 Å². The first-order valence-corrected chi connectivity index (χ1v) is 6.16. The number of nitrogens with zero attached hydrogens (tertiary/aromatic N) is 4. The lowest BCUT2D eigenvalue weighted by Crippen LogP contribution is -2.20. The molecule has 0 aliphatic carbocycles. The third-order valence-corrected chi connectivity index (χ3v) is 1.45. The average molecular weight is 405 g/mol. The molecule has 152 valence electrons. The summed E-state index contributed by atoms with van der Waals surface area (Å²) < 4.78 is 8.48. The molecule has 2 aromatic rings. The third-order valence-electron chi connectivity index (χ3n) is 1.45. The lowest BCUT2D eigenvalue weighted by atomic mass is 10.9. The lowest BCUT2D eigenvalue weighted by molar-refractivity contribution is -0.351. The Hall–Kier alpha value is -3.32. The van der Waals surface area contributed by atoms with Gasteiger partial charge in [0.1, 0.15) is 0 Å². The van der Waals surface area contributed by atoms with Crippen LogP contribution in [0.2, 0.25) is 0 Å². The van der Waals surface area contributed by atoms with Gasteiger partial charge in [0, 0.05) is 0 Å². The minimum Gasteiger partial charge on any atom is -0.598 e. The van der Waals surface area contributed by atoms with Gasteiger partial charge in [-0.3, -0.25) is 0 Å². The first kappa shape index (κ1) is 34.1. The van der Waals surface area contributed by atoms with Crippen LogP contribution >= 0.6 is 8.25 Å². The zero-order valence-corrected chi connectivity index (χ0v) is 13.8. The summed E-state index contributed by atoms with van der Waals surface area (Å²) in [6.45, 7) is 0. The van der Waals surface area contributed by atoms with Crippen LogP contribution in [0, 0.1) is 0 Å². The Morgan fingerprint density at radius 3 is 0.885 bits per heavy atom. The summed E-state index contributed by atoms with van der Waals surface area (Å²) in [5.41, 5.74) is 31.1. The summed E-state index contributed by atoms with van der Waals surface area (Å²) in [6.07, 6.45) is 0. The van der Waals surface area contributed by atoms with Crippen LogP contribution in [0.15, 0.2) is 0 Å². The molecule has 22 N–H and O–H groups in total.